The molecule has 5 rings (SSSR count). The third kappa shape index (κ3) is 8.94. The molecule has 1 aliphatic rings. The van der Waals surface area contributed by atoms with E-state index in [9.17, 15) is 9.59 Å². The van der Waals surface area contributed by atoms with Crippen molar-refractivity contribution in [3.8, 4) is 5.75 Å². The number of rotatable bonds is 11. The molecule has 280 valence electrons. The van der Waals surface area contributed by atoms with E-state index in [1.165, 1.54) is 0 Å². The molecule has 0 saturated heterocycles. The largest absolute Gasteiger partial charge is 0.492 e. The van der Waals surface area contributed by atoms with Crippen LogP contribution in [-0.4, -0.2) is 86.4 Å². The predicted octanol–water partition coefficient (Wildman–Crippen LogP) is 7.70. The highest BCUT2D eigenvalue weighted by Crippen LogP contribution is 2.40. The fourth-order valence-corrected chi connectivity index (χ4v) is 6.75. The first-order valence-corrected chi connectivity index (χ1v) is 20.8. The Bertz CT molecular complexity index is 1950. The number of pyridine rings is 1. The summed E-state index contributed by atoms with van der Waals surface area (Å²) < 4.78 is 19.9. The van der Waals surface area contributed by atoms with Gasteiger partial charge in [0.15, 0.2) is 8.32 Å². The van der Waals surface area contributed by atoms with Crippen LogP contribution in [0.15, 0.2) is 59.5 Å². The Morgan fingerprint density at radius 1 is 0.981 bits per heavy atom. The number of benzene rings is 2. The Hall–Kier alpha value is -4.46. The minimum absolute atomic E-state index is 0.0173. The Labute approximate surface area is 308 Å². The van der Waals surface area contributed by atoms with Crippen molar-refractivity contribution in [2.45, 2.75) is 78.7 Å². The number of anilines is 5. The minimum atomic E-state index is -2.09. The molecular weight excluding hydrogens is 675 g/mol. The molecule has 0 bridgehead atoms. The van der Waals surface area contributed by atoms with Gasteiger partial charge in [0.2, 0.25) is 5.95 Å². The van der Waals surface area contributed by atoms with Gasteiger partial charge < -0.3 is 29.0 Å². The summed E-state index contributed by atoms with van der Waals surface area (Å²) in [6.45, 7) is 21.4. The Kier molecular flexibility index (Phi) is 11.4. The summed E-state index contributed by atoms with van der Waals surface area (Å²) in [5, 5.41) is 4.01. The average molecular weight is 730 g/mol. The molecule has 0 aliphatic carbocycles. The molecule has 0 unspecified atom stereocenters. The number of nitrogens with zero attached hydrogens (tertiary/aromatic N) is 6. The first-order chi connectivity index (χ1) is 24.3. The Morgan fingerprint density at radius 2 is 1.69 bits per heavy atom. The van der Waals surface area contributed by atoms with Gasteiger partial charge in [-0.2, -0.15) is 4.98 Å². The lowest BCUT2D eigenvalue weighted by atomic mass is 10.1. The maximum absolute atomic E-state index is 14.6. The van der Waals surface area contributed by atoms with E-state index in [1.807, 2.05) is 95.2 Å². The molecule has 0 saturated carbocycles. The average Bonchev–Trinajstić information content (AvgIpc) is 3.05. The molecule has 2 aromatic heterocycles. The minimum Gasteiger partial charge on any atom is -0.492 e. The van der Waals surface area contributed by atoms with Gasteiger partial charge in [0, 0.05) is 43.4 Å². The fourth-order valence-electron chi connectivity index (χ4n) is 5.72. The van der Waals surface area contributed by atoms with Crippen molar-refractivity contribution in [2.24, 2.45) is 0 Å². The molecule has 0 fully saturated rings. The molecule has 4 aromatic rings. The van der Waals surface area contributed by atoms with E-state index in [-0.39, 0.29) is 10.6 Å². The number of carbonyl (C=O) groups is 1. The van der Waals surface area contributed by atoms with Crippen LogP contribution in [0.4, 0.5) is 33.5 Å². The van der Waals surface area contributed by atoms with Crippen molar-refractivity contribution >= 4 is 54.1 Å². The highest BCUT2D eigenvalue weighted by Gasteiger charge is 2.37. The van der Waals surface area contributed by atoms with Crippen LogP contribution < -0.4 is 25.4 Å². The molecule has 0 radical (unpaired) electrons. The van der Waals surface area contributed by atoms with Gasteiger partial charge in [-0.1, -0.05) is 32.9 Å². The number of para-hydroxylation sites is 1. The molecule has 1 aliphatic heterocycles. The van der Waals surface area contributed by atoms with E-state index in [4.69, 9.17) is 18.9 Å². The smallest absolute Gasteiger partial charge is 0.414 e. The van der Waals surface area contributed by atoms with E-state index < -0.39 is 20.0 Å². The maximum Gasteiger partial charge on any atom is 0.414 e. The van der Waals surface area contributed by atoms with Crippen LogP contribution in [0.3, 0.4) is 0 Å². The molecular formula is C39H55N7O5Si. The van der Waals surface area contributed by atoms with E-state index >= 15 is 0 Å². The summed E-state index contributed by atoms with van der Waals surface area (Å²) in [5.74, 6) is 1.14. The van der Waals surface area contributed by atoms with Crippen LogP contribution in [0.2, 0.25) is 18.1 Å². The number of fused-ring (bicyclic) bond motifs is 2. The first-order valence-electron chi connectivity index (χ1n) is 17.9. The lowest BCUT2D eigenvalue weighted by Crippen LogP contribution is -2.46. The van der Waals surface area contributed by atoms with E-state index in [0.717, 1.165) is 34.9 Å². The number of hydrogen-bond donors (Lipinski definition) is 1. The number of ether oxygens (including phenoxy) is 2. The Balaban J connectivity index is 1.52. The monoisotopic (exact) mass is 729 g/mol. The number of amides is 1. The molecule has 0 atom stereocenters. The molecule has 12 nitrogen and oxygen atoms in total. The zero-order chi connectivity index (χ0) is 38.0. The molecule has 0 spiro atoms. The second-order valence-corrected chi connectivity index (χ2v) is 20.9. The quantitative estimate of drug-likeness (QED) is 0.154. The number of nitrogens with one attached hydrogen (secondary N) is 1. The normalized spacial score (nSPS) is 13.8. The topological polar surface area (TPSA) is 114 Å². The molecule has 3 heterocycles. The summed E-state index contributed by atoms with van der Waals surface area (Å²) in [7, 11) is 1.93. The zero-order valence-electron chi connectivity index (χ0n) is 32.7. The first kappa shape index (κ1) is 38.8. The molecule has 2 aromatic carbocycles. The van der Waals surface area contributed by atoms with Gasteiger partial charge in [0.25, 0.3) is 5.56 Å². The predicted molar refractivity (Wildman–Crippen MR) is 212 cm³/mol. The Morgan fingerprint density at radius 3 is 2.35 bits per heavy atom. The number of hydrogen-bond acceptors (Lipinski definition) is 10. The van der Waals surface area contributed by atoms with E-state index in [0.29, 0.717) is 55.5 Å². The second kappa shape index (κ2) is 15.3. The summed E-state index contributed by atoms with van der Waals surface area (Å²) in [6.07, 6.45) is 1.33. The van der Waals surface area contributed by atoms with Crippen molar-refractivity contribution < 1.29 is 18.7 Å². The van der Waals surface area contributed by atoms with Crippen LogP contribution >= 0.6 is 0 Å². The summed E-state index contributed by atoms with van der Waals surface area (Å²) in [5.41, 5.74) is 3.31. The third-order valence-corrected chi connectivity index (χ3v) is 14.1. The van der Waals surface area contributed by atoms with Crippen molar-refractivity contribution in [3.05, 3.63) is 70.6 Å². The van der Waals surface area contributed by atoms with Crippen LogP contribution in [0.1, 0.15) is 47.1 Å². The van der Waals surface area contributed by atoms with Crippen LogP contribution in [0.5, 0.6) is 5.75 Å². The molecule has 1 N–H and O–H groups in total. The van der Waals surface area contributed by atoms with E-state index in [1.54, 1.807) is 15.7 Å². The molecule has 52 heavy (non-hydrogen) atoms. The van der Waals surface area contributed by atoms with Gasteiger partial charge in [-0.3, -0.25) is 14.3 Å². The molecule has 13 heteroatoms. The SMILES string of the molecule is Cc1cccc2c1N(C(=O)OC(C)(C)C)CCN2c1cc2cnc(Nc3ccc(OCCN(C)C)cc3)nc2n(CCO[Si](C)(C)C(C)(C)C)c1=O. The van der Waals surface area contributed by atoms with Crippen LogP contribution in [0.25, 0.3) is 11.0 Å². The van der Waals surface area contributed by atoms with Gasteiger partial charge >= 0.3 is 6.09 Å². The van der Waals surface area contributed by atoms with Gasteiger partial charge in [-0.25, -0.2) is 9.78 Å². The van der Waals surface area contributed by atoms with Crippen molar-refractivity contribution in [1.29, 1.82) is 0 Å². The van der Waals surface area contributed by atoms with Crippen LogP contribution in [-0.2, 0) is 15.7 Å². The summed E-state index contributed by atoms with van der Waals surface area (Å²) in [4.78, 5) is 43.2. The third-order valence-electron chi connectivity index (χ3n) is 9.54. The standard InChI is InChI=1S/C39H55N7O5Si/c1-27-13-12-14-31-33(27)45(37(48)51-38(2,3)4)20-19-44(31)32-25-28-26-40-36(41-29-15-17-30(18-16-29)49-23-21-43(8)9)42-34(28)46(35(32)47)22-24-50-52(10,11)39(5,6)7/h12-18,25-26H,19-24H2,1-11H3,(H,40,41,42). The second-order valence-electron chi connectivity index (χ2n) is 16.1. The lowest BCUT2D eigenvalue weighted by Gasteiger charge is -2.39. The van der Waals surface area contributed by atoms with Crippen molar-refractivity contribution in [1.82, 2.24) is 19.4 Å². The number of aromatic nitrogens is 3. The molecule has 1 amide bonds. The summed E-state index contributed by atoms with van der Waals surface area (Å²) in [6, 6.07) is 15.3. The highest BCUT2D eigenvalue weighted by molar-refractivity contribution is 6.74. The number of carbonyl (C=O) groups excluding carboxylic acids is 1. The number of aryl methyl sites for hydroxylation is 1. The van der Waals surface area contributed by atoms with Crippen molar-refractivity contribution in [3.63, 3.8) is 0 Å². The van der Waals surface area contributed by atoms with E-state index in [2.05, 4.69) is 49.1 Å². The fraction of sp³-hybridized carbons (Fsp3) is 0.487. The van der Waals surface area contributed by atoms with Gasteiger partial charge in [-0.15, -0.1) is 0 Å². The van der Waals surface area contributed by atoms with Crippen molar-refractivity contribution in [2.75, 3.05) is 62.1 Å². The highest BCUT2D eigenvalue weighted by atomic mass is 28.4. The van der Waals surface area contributed by atoms with Gasteiger partial charge in [0.1, 0.15) is 29.3 Å². The summed E-state index contributed by atoms with van der Waals surface area (Å²) >= 11 is 0. The number of likely N-dealkylation sites (N-methyl/N-ethyl adjacent to an activating group) is 1. The van der Waals surface area contributed by atoms with Gasteiger partial charge in [0.05, 0.1) is 18.0 Å². The zero-order valence-corrected chi connectivity index (χ0v) is 33.7. The maximum atomic E-state index is 14.6. The van der Waals surface area contributed by atoms with Crippen LogP contribution in [0, 0.1) is 6.92 Å². The lowest BCUT2D eigenvalue weighted by molar-refractivity contribution is 0.0580. The van der Waals surface area contributed by atoms with Gasteiger partial charge in [-0.05, 0) is 102 Å².